The van der Waals surface area contributed by atoms with E-state index in [-0.39, 0.29) is 0 Å². The minimum absolute atomic E-state index is 0.352. The third-order valence-corrected chi connectivity index (χ3v) is 3.80. The number of nitrogens with one attached hydrogen (secondary N) is 1. The molecule has 1 aromatic rings. The lowest BCUT2D eigenvalue weighted by atomic mass is 10.1. The van der Waals surface area contributed by atoms with E-state index in [0.29, 0.717) is 17.1 Å². The molecule has 0 atom stereocenters. The van der Waals surface area contributed by atoms with E-state index in [1.54, 1.807) is 13.0 Å². The molecule has 0 fully saturated rings. The van der Waals surface area contributed by atoms with Gasteiger partial charge in [-0.2, -0.15) is 0 Å². The summed E-state index contributed by atoms with van der Waals surface area (Å²) in [5.74, 6) is 0. The fraction of sp³-hybridized carbons (Fsp3) is 0.500. The first kappa shape index (κ1) is 10.6. The first-order valence-electron chi connectivity index (χ1n) is 4.88. The average molecular weight is 226 g/mol. The normalized spacial score (nSPS) is 16.1. The van der Waals surface area contributed by atoms with E-state index >= 15 is 0 Å². The van der Waals surface area contributed by atoms with Crippen LogP contribution in [0.4, 0.5) is 0 Å². The lowest BCUT2D eigenvalue weighted by Crippen LogP contribution is -2.25. The number of aryl methyl sites for hydroxylation is 1. The molecule has 1 aliphatic heterocycles. The Bertz CT molecular complexity index is 494. The molecule has 1 aromatic heterocycles. The third kappa shape index (κ3) is 2.03. The molecule has 2 rings (SSSR count). The number of rotatable bonds is 1. The predicted octanol–water partition coefficient (Wildman–Crippen LogP) is 0.439. The van der Waals surface area contributed by atoms with Crippen molar-refractivity contribution in [1.82, 2.24) is 10.3 Å². The maximum absolute atomic E-state index is 11.5. The van der Waals surface area contributed by atoms with Crippen LogP contribution in [0.1, 0.15) is 17.0 Å². The van der Waals surface area contributed by atoms with Crippen LogP contribution in [0.5, 0.6) is 0 Å². The summed E-state index contributed by atoms with van der Waals surface area (Å²) in [5, 5.41) is 3.20. The molecule has 0 aliphatic carbocycles. The molecule has 0 spiro atoms. The van der Waals surface area contributed by atoms with Gasteiger partial charge in [-0.1, -0.05) is 0 Å². The van der Waals surface area contributed by atoms with E-state index in [4.69, 9.17) is 0 Å². The zero-order valence-corrected chi connectivity index (χ0v) is 9.69. The van der Waals surface area contributed by atoms with E-state index in [1.807, 2.05) is 0 Å². The van der Waals surface area contributed by atoms with Crippen molar-refractivity contribution in [3.63, 3.8) is 0 Å². The molecule has 15 heavy (non-hydrogen) atoms. The molecule has 2 heterocycles. The second-order valence-corrected chi connectivity index (χ2v) is 5.86. The van der Waals surface area contributed by atoms with Crippen LogP contribution in [0.2, 0.25) is 0 Å². The minimum atomic E-state index is -3.16. The Morgan fingerprint density at radius 3 is 2.87 bits per heavy atom. The number of fused-ring (bicyclic) bond motifs is 1. The Balaban J connectivity index is 2.60. The second-order valence-electron chi connectivity index (χ2n) is 3.88. The standard InChI is InChI=1S/C10H14N2O2S/c1-7-10(15(2,13)14)5-8-6-11-4-3-9(8)12-7/h5,11H,3-4,6H2,1-2H3. The molecule has 0 saturated carbocycles. The van der Waals surface area contributed by atoms with Gasteiger partial charge in [0.2, 0.25) is 0 Å². The predicted molar refractivity (Wildman–Crippen MR) is 57.5 cm³/mol. The zero-order chi connectivity index (χ0) is 11.1. The van der Waals surface area contributed by atoms with Gasteiger partial charge >= 0.3 is 0 Å². The summed E-state index contributed by atoms with van der Waals surface area (Å²) < 4.78 is 23.0. The largest absolute Gasteiger partial charge is 0.312 e. The smallest absolute Gasteiger partial charge is 0.177 e. The molecular formula is C10H14N2O2S. The number of hydrogen-bond donors (Lipinski definition) is 1. The van der Waals surface area contributed by atoms with E-state index in [0.717, 1.165) is 24.2 Å². The lowest BCUT2D eigenvalue weighted by molar-refractivity contribution is 0.596. The summed E-state index contributed by atoms with van der Waals surface area (Å²) >= 11 is 0. The highest BCUT2D eigenvalue weighted by atomic mass is 32.2. The van der Waals surface area contributed by atoms with Gasteiger partial charge in [0.05, 0.1) is 10.6 Å². The van der Waals surface area contributed by atoms with Crippen LogP contribution in [0.3, 0.4) is 0 Å². The van der Waals surface area contributed by atoms with Crippen LogP contribution in [-0.2, 0) is 22.8 Å². The van der Waals surface area contributed by atoms with Gasteiger partial charge in [-0.15, -0.1) is 0 Å². The van der Waals surface area contributed by atoms with Gasteiger partial charge in [-0.25, -0.2) is 8.42 Å². The summed E-state index contributed by atoms with van der Waals surface area (Å²) in [7, 11) is -3.16. The summed E-state index contributed by atoms with van der Waals surface area (Å²) in [6, 6.07) is 1.75. The van der Waals surface area contributed by atoms with Gasteiger partial charge in [0, 0.05) is 31.5 Å². The van der Waals surface area contributed by atoms with Crippen LogP contribution in [-0.4, -0.2) is 26.2 Å². The highest BCUT2D eigenvalue weighted by molar-refractivity contribution is 7.90. The number of sulfone groups is 1. The minimum Gasteiger partial charge on any atom is -0.312 e. The molecule has 82 valence electrons. The topological polar surface area (TPSA) is 59.1 Å². The van der Waals surface area contributed by atoms with Crippen molar-refractivity contribution in [2.75, 3.05) is 12.8 Å². The molecule has 4 nitrogen and oxygen atoms in total. The number of pyridine rings is 1. The first-order chi connectivity index (χ1) is 6.98. The summed E-state index contributed by atoms with van der Waals surface area (Å²) in [6.07, 6.45) is 2.10. The molecule has 1 aliphatic rings. The first-order valence-corrected chi connectivity index (χ1v) is 6.78. The summed E-state index contributed by atoms with van der Waals surface area (Å²) in [6.45, 7) is 3.38. The van der Waals surface area contributed by atoms with Gasteiger partial charge < -0.3 is 5.32 Å². The van der Waals surface area contributed by atoms with Crippen LogP contribution < -0.4 is 5.32 Å². The van der Waals surface area contributed by atoms with Crippen molar-refractivity contribution in [3.8, 4) is 0 Å². The van der Waals surface area contributed by atoms with Crippen molar-refractivity contribution in [2.24, 2.45) is 0 Å². The van der Waals surface area contributed by atoms with Crippen molar-refractivity contribution < 1.29 is 8.42 Å². The van der Waals surface area contributed by atoms with E-state index in [1.165, 1.54) is 6.26 Å². The maximum atomic E-state index is 11.5. The maximum Gasteiger partial charge on any atom is 0.177 e. The van der Waals surface area contributed by atoms with E-state index in [9.17, 15) is 8.42 Å². The third-order valence-electron chi connectivity index (χ3n) is 2.59. The van der Waals surface area contributed by atoms with E-state index in [2.05, 4.69) is 10.3 Å². The van der Waals surface area contributed by atoms with E-state index < -0.39 is 9.84 Å². The zero-order valence-electron chi connectivity index (χ0n) is 8.87. The number of nitrogens with zero attached hydrogens (tertiary/aromatic N) is 1. The Morgan fingerprint density at radius 1 is 1.47 bits per heavy atom. The number of hydrogen-bond acceptors (Lipinski definition) is 4. The van der Waals surface area contributed by atoms with Gasteiger partial charge in [0.15, 0.2) is 9.84 Å². The molecule has 0 aromatic carbocycles. The monoisotopic (exact) mass is 226 g/mol. The molecule has 1 N–H and O–H groups in total. The average Bonchev–Trinajstić information content (AvgIpc) is 2.15. The van der Waals surface area contributed by atoms with Gasteiger partial charge in [-0.05, 0) is 18.6 Å². The van der Waals surface area contributed by atoms with Crippen molar-refractivity contribution in [3.05, 3.63) is 23.0 Å². The molecule has 0 unspecified atom stereocenters. The quantitative estimate of drug-likeness (QED) is 0.755. The van der Waals surface area contributed by atoms with Crippen LogP contribution in [0.25, 0.3) is 0 Å². The highest BCUT2D eigenvalue weighted by Gasteiger charge is 2.17. The highest BCUT2D eigenvalue weighted by Crippen LogP contribution is 2.19. The summed E-state index contributed by atoms with van der Waals surface area (Å²) in [4.78, 5) is 4.71. The fourth-order valence-corrected chi connectivity index (χ4v) is 2.79. The molecule has 5 heteroatoms. The molecule has 0 bridgehead atoms. The Morgan fingerprint density at radius 2 is 2.20 bits per heavy atom. The Hall–Kier alpha value is -0.940. The molecule has 0 amide bonds. The summed E-state index contributed by atoms with van der Waals surface area (Å²) in [5.41, 5.74) is 2.64. The fourth-order valence-electron chi connectivity index (χ4n) is 1.85. The SMILES string of the molecule is Cc1nc2c(cc1S(C)(=O)=O)CNCC2. The molecular weight excluding hydrogens is 212 g/mol. The van der Waals surface area contributed by atoms with Gasteiger partial charge in [0.1, 0.15) is 0 Å². The van der Waals surface area contributed by atoms with Crippen LogP contribution >= 0.6 is 0 Å². The van der Waals surface area contributed by atoms with Crippen LogP contribution in [0, 0.1) is 6.92 Å². The molecule has 0 radical (unpaired) electrons. The van der Waals surface area contributed by atoms with Gasteiger partial charge in [-0.3, -0.25) is 4.98 Å². The Kier molecular flexibility index (Phi) is 2.52. The molecule has 0 saturated heterocycles. The number of aromatic nitrogens is 1. The van der Waals surface area contributed by atoms with Gasteiger partial charge in [0.25, 0.3) is 0 Å². The lowest BCUT2D eigenvalue weighted by Gasteiger charge is -2.17. The van der Waals surface area contributed by atoms with Crippen molar-refractivity contribution in [2.45, 2.75) is 24.8 Å². The van der Waals surface area contributed by atoms with Crippen molar-refractivity contribution in [1.29, 1.82) is 0 Å². The van der Waals surface area contributed by atoms with Crippen LogP contribution in [0.15, 0.2) is 11.0 Å². The second kappa shape index (κ2) is 3.57. The van der Waals surface area contributed by atoms with Crippen molar-refractivity contribution >= 4 is 9.84 Å². The Labute approximate surface area is 89.6 Å².